The SMILES string of the molecule is CC(C)(C)c1c[c-]c2c(c1)c1cc(C(C)(C)C)ccc1n2-c1cccc(-c2[c-]c(-c3ccccn3)ccc2)n1.Fc1c[c-]c2c(c1)c1cc(F)ccc1n2-c1cccc(-c2[c-]c(-c3ccccn3)ccc2)n1.Fc1ccc2[n-]c3c(-c4cccc(-c5[c-]c(-c6ccccn6)ccc5)n4)cc(F)cc3c2c1.[Ni+2].[Ni+2].[Ni+2].[Ni+2].[c-]1c(-c2ccccn2)cccc1-c1cccc(-n2c3[c-]cccc3c3ccccc32)n1. The number of pyridine rings is 8. The molecule has 12 aromatic carbocycles. The average molecular weight is 2000 g/mol. The Bertz CT molecular complexity index is 8470. The molecule has 12 heterocycles. The van der Waals surface area contributed by atoms with Crippen molar-refractivity contribution < 1.29 is 83.5 Å². The second-order valence-electron chi connectivity index (χ2n) is 35.0. The smallest absolute Gasteiger partial charge is 0.656 e. The summed E-state index contributed by atoms with van der Waals surface area (Å²) < 4.78 is 62.7. The summed E-state index contributed by atoms with van der Waals surface area (Å²) in [5.41, 5.74) is 24.5. The Hall–Kier alpha value is -15.3. The van der Waals surface area contributed by atoms with Gasteiger partial charge < -0.3 is 18.7 Å². The van der Waals surface area contributed by atoms with Crippen LogP contribution >= 0.6 is 0 Å². The molecule has 0 saturated heterocycles. The number of rotatable bonds is 12. The maximum Gasteiger partial charge on any atom is 2.00 e. The van der Waals surface area contributed by atoms with Gasteiger partial charge in [0.2, 0.25) is 0 Å². The largest absolute Gasteiger partial charge is 2.00 e. The van der Waals surface area contributed by atoms with Crippen LogP contribution in [0.3, 0.4) is 0 Å². The molecule has 0 amide bonds. The van der Waals surface area contributed by atoms with E-state index in [1.807, 2.05) is 223 Å². The summed E-state index contributed by atoms with van der Waals surface area (Å²) in [6.07, 6.45) is 7.10. The van der Waals surface area contributed by atoms with Crippen molar-refractivity contribution in [2.45, 2.75) is 52.4 Å². The molecule has 0 unspecified atom stereocenters. The third-order valence-electron chi connectivity index (χ3n) is 24.0. The van der Waals surface area contributed by atoms with Gasteiger partial charge in [-0.15, -0.1) is 137 Å². The van der Waals surface area contributed by atoms with Crippen molar-refractivity contribution in [3.63, 3.8) is 0 Å². The second-order valence-corrected chi connectivity index (χ2v) is 35.0. The molecule has 0 spiro atoms. The van der Waals surface area contributed by atoms with Crippen molar-refractivity contribution >= 4 is 87.2 Å². The Balaban J connectivity index is 0.000000128. The molecular formula is C120H80F4N12Ni4. The molecule has 0 aliphatic rings. The van der Waals surface area contributed by atoms with Crippen LogP contribution in [-0.4, -0.2) is 53.6 Å². The first-order valence-corrected chi connectivity index (χ1v) is 44.5. The zero-order chi connectivity index (χ0) is 92.7. The summed E-state index contributed by atoms with van der Waals surface area (Å²) in [6, 6.07) is 135. The summed E-state index contributed by atoms with van der Waals surface area (Å²) in [7, 11) is 0. The Morgan fingerprint density at radius 3 is 1.09 bits per heavy atom. The van der Waals surface area contributed by atoms with E-state index in [1.165, 1.54) is 81.2 Å². The van der Waals surface area contributed by atoms with E-state index in [1.54, 1.807) is 30.7 Å². The van der Waals surface area contributed by atoms with Crippen molar-refractivity contribution in [3.8, 4) is 119 Å². The Morgan fingerprint density at radius 1 is 0.257 bits per heavy atom. The Morgan fingerprint density at radius 2 is 0.614 bits per heavy atom. The van der Waals surface area contributed by atoms with Gasteiger partial charge in [-0.25, -0.2) is 13.2 Å². The van der Waals surface area contributed by atoms with Crippen LogP contribution in [-0.2, 0) is 76.8 Å². The zero-order valence-corrected chi connectivity index (χ0v) is 79.9. The fourth-order valence-corrected chi connectivity index (χ4v) is 17.4. The van der Waals surface area contributed by atoms with Gasteiger partial charge in [0.05, 0.1) is 5.69 Å². The Kier molecular flexibility index (Phi) is 28.4. The van der Waals surface area contributed by atoms with Crippen LogP contribution in [0.25, 0.3) is 206 Å². The molecule has 0 bridgehead atoms. The molecule has 12 aromatic heterocycles. The maximum absolute atomic E-state index is 14.6. The molecule has 20 heteroatoms. The molecule has 0 atom stereocenters. The van der Waals surface area contributed by atoms with Gasteiger partial charge in [-0.05, 0) is 147 Å². The van der Waals surface area contributed by atoms with Gasteiger partial charge in [-0.2, -0.15) is 48.5 Å². The molecule has 24 aromatic rings. The summed E-state index contributed by atoms with van der Waals surface area (Å²) in [5.74, 6) is 0.744. The average Bonchev–Trinajstić information content (AvgIpc) is 1.60. The molecule has 688 valence electrons. The molecule has 0 aliphatic carbocycles. The van der Waals surface area contributed by atoms with E-state index in [-0.39, 0.29) is 88.4 Å². The van der Waals surface area contributed by atoms with Gasteiger partial charge in [0.15, 0.2) is 0 Å². The first-order valence-electron chi connectivity index (χ1n) is 44.5. The normalized spacial score (nSPS) is 11.3. The third-order valence-corrected chi connectivity index (χ3v) is 24.0. The number of aromatic nitrogens is 12. The van der Waals surface area contributed by atoms with E-state index in [2.05, 4.69) is 197 Å². The monoisotopic (exact) mass is 2000 g/mol. The van der Waals surface area contributed by atoms with Crippen LogP contribution in [0, 0.1) is 65.7 Å². The van der Waals surface area contributed by atoms with Crippen LogP contribution in [0.2, 0.25) is 0 Å². The summed E-state index contributed by atoms with van der Waals surface area (Å²) >= 11 is 0. The number of halogens is 4. The van der Waals surface area contributed by atoms with Crippen LogP contribution in [0.15, 0.2) is 377 Å². The first kappa shape index (κ1) is 96.4. The molecule has 0 aliphatic heterocycles. The molecule has 0 saturated carbocycles. The molecule has 0 radical (unpaired) electrons. The number of hydrogen-bond acceptors (Lipinski definition) is 8. The molecule has 12 nitrogen and oxygen atoms in total. The Labute approximate surface area is 847 Å². The quantitative estimate of drug-likeness (QED) is 0.0666. The minimum absolute atomic E-state index is 0. The topological polar surface area (TPSA) is 132 Å². The molecule has 0 fully saturated rings. The molecule has 0 N–H and O–H groups in total. The minimum atomic E-state index is -0.424. The van der Waals surface area contributed by atoms with Gasteiger partial charge in [-0.3, -0.25) is 44.3 Å². The van der Waals surface area contributed by atoms with Crippen molar-refractivity contribution in [3.05, 3.63) is 453 Å². The van der Waals surface area contributed by atoms with Crippen molar-refractivity contribution in [1.82, 2.24) is 58.6 Å². The van der Waals surface area contributed by atoms with Gasteiger partial charge in [-0.1, -0.05) is 247 Å². The van der Waals surface area contributed by atoms with Crippen LogP contribution in [0.4, 0.5) is 17.6 Å². The van der Waals surface area contributed by atoms with Crippen molar-refractivity contribution in [2.75, 3.05) is 0 Å². The molecule has 140 heavy (non-hydrogen) atoms. The van der Waals surface area contributed by atoms with E-state index in [9.17, 15) is 17.6 Å². The van der Waals surface area contributed by atoms with Gasteiger partial charge in [0, 0.05) is 92.7 Å². The third kappa shape index (κ3) is 19.7. The fourth-order valence-electron chi connectivity index (χ4n) is 17.4. The first-order chi connectivity index (χ1) is 66.3. The maximum atomic E-state index is 14.6. The number of para-hydroxylation sites is 2. The minimum Gasteiger partial charge on any atom is -0.656 e. The van der Waals surface area contributed by atoms with Crippen LogP contribution < -0.4 is 4.98 Å². The van der Waals surface area contributed by atoms with E-state index in [0.29, 0.717) is 60.9 Å². The summed E-state index contributed by atoms with van der Waals surface area (Å²) in [5, 5.41) is 7.15. The van der Waals surface area contributed by atoms with Crippen molar-refractivity contribution in [1.29, 1.82) is 0 Å². The second kappa shape index (κ2) is 41.2. The van der Waals surface area contributed by atoms with Crippen molar-refractivity contribution in [2.24, 2.45) is 0 Å². The van der Waals surface area contributed by atoms with E-state index in [4.69, 9.17) is 19.9 Å². The zero-order valence-electron chi connectivity index (χ0n) is 75.9. The van der Waals surface area contributed by atoms with Gasteiger partial charge >= 0.3 is 66.0 Å². The number of fused-ring (bicyclic) bond motifs is 12. The van der Waals surface area contributed by atoms with E-state index >= 15 is 0 Å². The summed E-state index contributed by atoms with van der Waals surface area (Å²) in [6.45, 7) is 13.6. The van der Waals surface area contributed by atoms with Crippen LogP contribution in [0.5, 0.6) is 0 Å². The number of hydrogen-bond donors (Lipinski definition) is 0. The standard InChI is InChI=1S/C36H33N3.2C28H15F2N3.C28H17N3.4Ni/c1-35(2,3)26-16-18-32-28(22-26)29-23-27(36(4,5)6)17-19-33(29)39(32)34-15-10-14-31(38-34)25-12-9-11-24(21-25)30-13-7-8-20-37-30;29-20-10-12-26-22(16-20)23-17-21(30)11-13-27(23)33(26)28-9-4-8-25(32-28)19-6-3-5-18(15-19)24-7-1-2-14-31-24;29-19-10-11-27-21(14-19)22-15-20(30)16-23(28(22)33-27)26-9-4-8-25(32-26)18-6-3-5-17(13-18)24-7-1-2-12-31-24;1-3-15-26-22(11-1)23-12-2-4-16-27(23)31(26)28-17-8-14-25(30-28)21-10-7-9-20(19-21)24-13-5-6-18-29-24;;;;/h7-18,20,22-23H,1-6H3;1-12,14,16-17H;1-12,14-16H;1-15,17-18H;;;;/q4*-2;4*+2. The predicted octanol–water partition coefficient (Wildman–Crippen LogP) is 29.2. The summed E-state index contributed by atoms with van der Waals surface area (Å²) in [4.78, 5) is 42.2. The fraction of sp³-hybridized carbons (Fsp3) is 0.0667. The number of benzene rings is 12. The van der Waals surface area contributed by atoms with E-state index < -0.39 is 11.6 Å². The van der Waals surface area contributed by atoms with Gasteiger partial charge in [0.1, 0.15) is 34.9 Å². The molecule has 24 rings (SSSR count). The number of nitrogens with zero attached hydrogens (tertiary/aromatic N) is 12. The predicted molar refractivity (Wildman–Crippen MR) is 537 cm³/mol. The molecular weight excluding hydrogens is 1920 g/mol. The van der Waals surface area contributed by atoms with Crippen LogP contribution in [0.1, 0.15) is 52.7 Å². The van der Waals surface area contributed by atoms with E-state index in [0.717, 1.165) is 124 Å². The van der Waals surface area contributed by atoms with Gasteiger partial charge in [0.25, 0.3) is 0 Å².